The Morgan fingerprint density at radius 1 is 1.21 bits per heavy atom. The summed E-state index contributed by atoms with van der Waals surface area (Å²) < 4.78 is 1.92. The zero-order valence-electron chi connectivity index (χ0n) is 13.3. The molecule has 3 aromatic heterocycles. The van der Waals surface area contributed by atoms with E-state index in [1.54, 1.807) is 18.7 Å². The smallest absolute Gasteiger partial charge is 0.254 e. The number of aromatic nitrogens is 6. The van der Waals surface area contributed by atoms with E-state index in [0.717, 1.165) is 24.4 Å². The van der Waals surface area contributed by atoms with E-state index >= 15 is 0 Å². The number of nitrogens with one attached hydrogen (secondary N) is 1. The van der Waals surface area contributed by atoms with Gasteiger partial charge in [0.1, 0.15) is 6.33 Å². The molecule has 0 aromatic carbocycles. The maximum atomic E-state index is 12.2. The first-order chi connectivity index (χ1) is 11.8. The maximum Gasteiger partial charge on any atom is 0.254 e. The molecule has 0 fully saturated rings. The normalized spacial score (nSPS) is 10.5. The zero-order chi connectivity index (χ0) is 16.8. The van der Waals surface area contributed by atoms with Gasteiger partial charge in [-0.3, -0.25) is 9.78 Å². The van der Waals surface area contributed by atoms with E-state index in [1.165, 1.54) is 12.4 Å². The number of carbonyl (C=O) groups is 1. The van der Waals surface area contributed by atoms with E-state index < -0.39 is 0 Å². The molecule has 3 rings (SSSR count). The van der Waals surface area contributed by atoms with E-state index in [0.29, 0.717) is 17.9 Å². The lowest BCUT2D eigenvalue weighted by Gasteiger charge is -2.07. The Labute approximate surface area is 139 Å². The van der Waals surface area contributed by atoms with Gasteiger partial charge in [-0.15, -0.1) is 10.2 Å². The number of hydrogen-bond acceptors (Lipinski definition) is 6. The Balaban J connectivity index is 1.64. The minimum Gasteiger partial charge on any atom is -0.345 e. The molecule has 0 spiro atoms. The number of pyridine rings is 1. The van der Waals surface area contributed by atoms with Gasteiger partial charge in [0.05, 0.1) is 12.1 Å². The summed E-state index contributed by atoms with van der Waals surface area (Å²) in [4.78, 5) is 24.6. The molecule has 0 aliphatic heterocycles. The molecule has 122 valence electrons. The van der Waals surface area contributed by atoms with Crippen molar-refractivity contribution in [3.63, 3.8) is 0 Å². The highest BCUT2D eigenvalue weighted by Crippen LogP contribution is 2.12. The molecule has 8 nitrogen and oxygen atoms in total. The molecule has 0 unspecified atom stereocenters. The summed E-state index contributed by atoms with van der Waals surface area (Å²) in [5, 5.41) is 10.7. The van der Waals surface area contributed by atoms with Crippen molar-refractivity contribution in [1.29, 1.82) is 0 Å². The highest BCUT2D eigenvalue weighted by molar-refractivity contribution is 5.93. The third-order valence-corrected chi connectivity index (χ3v) is 3.42. The summed E-state index contributed by atoms with van der Waals surface area (Å²) in [6.07, 6.45) is 9.00. The molecule has 3 aromatic rings. The summed E-state index contributed by atoms with van der Waals surface area (Å²) in [6.45, 7) is 3.21. The minimum absolute atomic E-state index is 0.248. The summed E-state index contributed by atoms with van der Waals surface area (Å²) in [7, 11) is 0. The first-order valence-electron chi connectivity index (χ1n) is 7.65. The lowest BCUT2D eigenvalue weighted by Crippen LogP contribution is -2.25. The monoisotopic (exact) mass is 323 g/mol. The fourth-order valence-corrected chi connectivity index (χ4v) is 2.20. The first kappa shape index (κ1) is 15.7. The largest absolute Gasteiger partial charge is 0.345 e. The topological polar surface area (TPSA) is 98.5 Å². The molecule has 0 aliphatic carbocycles. The molecule has 0 aliphatic rings. The highest BCUT2D eigenvalue weighted by atomic mass is 16.1. The van der Waals surface area contributed by atoms with Gasteiger partial charge >= 0.3 is 0 Å². The van der Waals surface area contributed by atoms with Crippen LogP contribution in [0.25, 0.3) is 11.4 Å². The van der Waals surface area contributed by atoms with Gasteiger partial charge < -0.3 is 9.88 Å². The summed E-state index contributed by atoms with van der Waals surface area (Å²) in [5.41, 5.74) is 1.25. The molecule has 0 radical (unpaired) electrons. The fraction of sp³-hybridized carbons (Fsp3) is 0.250. The third kappa shape index (κ3) is 3.60. The van der Waals surface area contributed by atoms with Gasteiger partial charge in [0.15, 0.2) is 11.6 Å². The molecule has 0 saturated carbocycles. The van der Waals surface area contributed by atoms with Crippen molar-refractivity contribution in [2.45, 2.75) is 26.4 Å². The van der Waals surface area contributed by atoms with Crippen molar-refractivity contribution in [2.24, 2.45) is 0 Å². The molecule has 0 bridgehead atoms. The van der Waals surface area contributed by atoms with Gasteiger partial charge in [0.25, 0.3) is 5.91 Å². The Bertz CT molecular complexity index is 799. The lowest BCUT2D eigenvalue weighted by molar-refractivity contribution is 0.0948. The van der Waals surface area contributed by atoms with Gasteiger partial charge in [-0.25, -0.2) is 9.97 Å². The van der Waals surface area contributed by atoms with Crippen LogP contribution in [-0.2, 0) is 13.1 Å². The van der Waals surface area contributed by atoms with Crippen LogP contribution in [0.3, 0.4) is 0 Å². The molecular formula is C16H17N7O. The Hall–Kier alpha value is -3.16. The molecule has 0 saturated heterocycles. The minimum atomic E-state index is -0.248. The average molecular weight is 323 g/mol. The van der Waals surface area contributed by atoms with Crippen molar-refractivity contribution in [3.8, 4) is 11.4 Å². The predicted octanol–water partition coefficient (Wildman–Crippen LogP) is 1.47. The van der Waals surface area contributed by atoms with Crippen molar-refractivity contribution < 1.29 is 4.79 Å². The number of nitrogens with zero attached hydrogens (tertiary/aromatic N) is 6. The lowest BCUT2D eigenvalue weighted by atomic mass is 10.2. The SMILES string of the molecule is CCCn1cnnc1CNC(=O)c1cnc(-c2ccncc2)nc1. The van der Waals surface area contributed by atoms with Crippen LogP contribution in [0.2, 0.25) is 0 Å². The fourth-order valence-electron chi connectivity index (χ4n) is 2.20. The van der Waals surface area contributed by atoms with Crippen LogP contribution in [-0.4, -0.2) is 35.6 Å². The molecule has 1 N–H and O–H groups in total. The number of hydrogen-bond donors (Lipinski definition) is 1. The zero-order valence-corrected chi connectivity index (χ0v) is 13.3. The third-order valence-electron chi connectivity index (χ3n) is 3.42. The van der Waals surface area contributed by atoms with Crippen LogP contribution in [0.15, 0.2) is 43.2 Å². The quantitative estimate of drug-likeness (QED) is 0.737. The van der Waals surface area contributed by atoms with Crippen LogP contribution in [0.4, 0.5) is 0 Å². The molecule has 1 amide bonds. The molecule has 8 heteroatoms. The molecule has 3 heterocycles. The second-order valence-electron chi connectivity index (χ2n) is 5.15. The first-order valence-corrected chi connectivity index (χ1v) is 7.65. The molecular weight excluding hydrogens is 306 g/mol. The number of aryl methyl sites for hydroxylation is 1. The van der Waals surface area contributed by atoms with Crippen LogP contribution >= 0.6 is 0 Å². The number of rotatable bonds is 6. The second-order valence-corrected chi connectivity index (χ2v) is 5.15. The summed E-state index contributed by atoms with van der Waals surface area (Å²) in [5.74, 6) is 1.03. The van der Waals surface area contributed by atoms with E-state index in [-0.39, 0.29) is 5.91 Å². The Morgan fingerprint density at radius 2 is 1.96 bits per heavy atom. The predicted molar refractivity (Wildman–Crippen MR) is 86.7 cm³/mol. The van der Waals surface area contributed by atoms with Crippen molar-refractivity contribution in [1.82, 2.24) is 35.0 Å². The number of amides is 1. The molecule has 0 atom stereocenters. The van der Waals surface area contributed by atoms with Gasteiger partial charge in [0.2, 0.25) is 0 Å². The van der Waals surface area contributed by atoms with Gasteiger partial charge in [-0.2, -0.15) is 0 Å². The van der Waals surface area contributed by atoms with Crippen molar-refractivity contribution in [3.05, 3.63) is 54.6 Å². The van der Waals surface area contributed by atoms with Crippen LogP contribution < -0.4 is 5.32 Å². The van der Waals surface area contributed by atoms with Crippen LogP contribution in [0.1, 0.15) is 29.5 Å². The Kier molecular flexibility index (Phi) is 4.85. The standard InChI is InChI=1S/C16H17N7O/c1-2-7-23-11-21-22-14(23)10-20-16(24)13-8-18-15(19-9-13)12-3-5-17-6-4-12/h3-6,8-9,11H,2,7,10H2,1H3,(H,20,24). The van der Waals surface area contributed by atoms with Crippen molar-refractivity contribution >= 4 is 5.91 Å². The highest BCUT2D eigenvalue weighted by Gasteiger charge is 2.10. The average Bonchev–Trinajstić information content (AvgIpc) is 3.08. The van der Waals surface area contributed by atoms with E-state index in [4.69, 9.17) is 0 Å². The van der Waals surface area contributed by atoms with Crippen LogP contribution in [0, 0.1) is 0 Å². The van der Waals surface area contributed by atoms with E-state index in [2.05, 4.69) is 37.4 Å². The summed E-state index contributed by atoms with van der Waals surface area (Å²) in [6, 6.07) is 3.63. The van der Waals surface area contributed by atoms with E-state index in [1.807, 2.05) is 16.7 Å². The maximum absolute atomic E-state index is 12.2. The second kappa shape index (κ2) is 7.40. The van der Waals surface area contributed by atoms with Gasteiger partial charge in [-0.05, 0) is 18.6 Å². The van der Waals surface area contributed by atoms with Gasteiger partial charge in [-0.1, -0.05) is 6.92 Å². The van der Waals surface area contributed by atoms with Gasteiger partial charge in [0, 0.05) is 36.9 Å². The Morgan fingerprint density at radius 3 is 2.67 bits per heavy atom. The van der Waals surface area contributed by atoms with E-state index in [9.17, 15) is 4.79 Å². The van der Waals surface area contributed by atoms with Crippen molar-refractivity contribution in [2.75, 3.05) is 0 Å². The number of carbonyl (C=O) groups excluding carboxylic acids is 1. The molecule has 24 heavy (non-hydrogen) atoms. The van der Waals surface area contributed by atoms with Crippen LogP contribution in [0.5, 0.6) is 0 Å². The summed E-state index contributed by atoms with van der Waals surface area (Å²) >= 11 is 0.